The van der Waals surface area contributed by atoms with Crippen LogP contribution in [0.3, 0.4) is 0 Å². The van der Waals surface area contributed by atoms with Crippen molar-refractivity contribution in [1.82, 2.24) is 15.1 Å². The molecular weight excluding hydrogens is 471 g/mol. The van der Waals surface area contributed by atoms with Crippen molar-refractivity contribution >= 4 is 41.8 Å². The zero-order valence-corrected chi connectivity index (χ0v) is 19.4. The van der Waals surface area contributed by atoms with Gasteiger partial charge in [-0.05, 0) is 18.4 Å². The Kier molecular flexibility index (Phi) is 10.3. The van der Waals surface area contributed by atoms with Gasteiger partial charge in [0.25, 0.3) is 0 Å². The molecule has 1 aliphatic heterocycles. The highest BCUT2D eigenvalue weighted by molar-refractivity contribution is 14.0. The lowest BCUT2D eigenvalue weighted by Crippen LogP contribution is -2.46. The number of ether oxygens (including phenoxy) is 1. The molecule has 0 saturated carbocycles. The van der Waals surface area contributed by atoms with E-state index >= 15 is 0 Å². The monoisotopic (exact) mass is 502 g/mol. The molecule has 2 unspecified atom stereocenters. The van der Waals surface area contributed by atoms with Crippen LogP contribution in [0, 0.1) is 11.8 Å². The second-order valence-corrected chi connectivity index (χ2v) is 6.81. The van der Waals surface area contributed by atoms with Crippen LogP contribution in [0.2, 0.25) is 0 Å². The number of carbonyl (C=O) groups is 2. The lowest BCUT2D eigenvalue weighted by molar-refractivity contribution is -0.146. The second kappa shape index (κ2) is 11.9. The van der Waals surface area contributed by atoms with Gasteiger partial charge in [-0.15, -0.1) is 24.0 Å². The van der Waals surface area contributed by atoms with Crippen molar-refractivity contribution in [2.45, 2.75) is 20.4 Å². The van der Waals surface area contributed by atoms with E-state index in [1.165, 1.54) is 7.11 Å². The number of nitrogens with zero attached hydrogens (tertiary/aromatic N) is 3. The lowest BCUT2D eigenvalue weighted by Gasteiger charge is -2.24. The van der Waals surface area contributed by atoms with Crippen molar-refractivity contribution in [2.24, 2.45) is 16.8 Å². The van der Waals surface area contributed by atoms with Crippen LogP contribution in [0.15, 0.2) is 35.3 Å². The van der Waals surface area contributed by atoms with E-state index in [2.05, 4.69) is 10.3 Å². The summed E-state index contributed by atoms with van der Waals surface area (Å²) < 4.78 is 4.88. The number of hydrogen-bond acceptors (Lipinski definition) is 4. The van der Waals surface area contributed by atoms with E-state index in [9.17, 15) is 9.59 Å². The van der Waals surface area contributed by atoms with Gasteiger partial charge in [-0.2, -0.15) is 0 Å². The van der Waals surface area contributed by atoms with E-state index in [0.717, 1.165) is 5.56 Å². The Morgan fingerprint density at radius 1 is 1.29 bits per heavy atom. The number of methoxy groups -OCH3 is 1. The predicted octanol–water partition coefficient (Wildman–Crippen LogP) is 1.97. The van der Waals surface area contributed by atoms with Crippen LogP contribution in [0.4, 0.5) is 0 Å². The van der Waals surface area contributed by atoms with Gasteiger partial charge in [-0.3, -0.25) is 14.6 Å². The molecule has 7 nitrogen and oxygen atoms in total. The van der Waals surface area contributed by atoms with E-state index in [0.29, 0.717) is 32.1 Å². The molecule has 0 aliphatic carbocycles. The highest BCUT2D eigenvalue weighted by Gasteiger charge is 2.37. The first-order chi connectivity index (χ1) is 13.0. The molecule has 0 aromatic heterocycles. The van der Waals surface area contributed by atoms with Crippen LogP contribution in [0.25, 0.3) is 0 Å². The highest BCUT2D eigenvalue weighted by atomic mass is 127. The molecule has 1 aromatic carbocycles. The molecule has 28 heavy (non-hydrogen) atoms. The molecule has 1 aliphatic rings. The van der Waals surface area contributed by atoms with Gasteiger partial charge in [0.15, 0.2) is 5.96 Å². The number of esters is 1. The molecule has 0 spiro atoms. The number of rotatable bonds is 6. The molecule has 1 amide bonds. The smallest absolute Gasteiger partial charge is 0.310 e. The summed E-state index contributed by atoms with van der Waals surface area (Å²) in [4.78, 5) is 32.6. The number of benzene rings is 1. The highest BCUT2D eigenvalue weighted by Crippen LogP contribution is 2.24. The molecular formula is C20H31IN4O3. The minimum absolute atomic E-state index is 0. The van der Waals surface area contributed by atoms with Gasteiger partial charge in [-0.25, -0.2) is 0 Å². The number of aliphatic imine (C=N–C) groups is 1. The molecule has 0 bridgehead atoms. The number of carbonyl (C=O) groups excluding carboxylic acids is 2. The molecule has 8 heteroatoms. The Morgan fingerprint density at radius 3 is 2.54 bits per heavy atom. The van der Waals surface area contributed by atoms with Gasteiger partial charge < -0.3 is 19.9 Å². The number of guanidine groups is 1. The fourth-order valence-corrected chi connectivity index (χ4v) is 3.38. The van der Waals surface area contributed by atoms with E-state index in [-0.39, 0.29) is 54.2 Å². The first kappa shape index (κ1) is 24.2. The molecule has 0 radical (unpaired) electrons. The summed E-state index contributed by atoms with van der Waals surface area (Å²) in [6.45, 7) is 6.64. The normalized spacial score (nSPS) is 19.0. The second-order valence-electron chi connectivity index (χ2n) is 6.81. The van der Waals surface area contributed by atoms with Gasteiger partial charge in [0.05, 0.1) is 19.6 Å². The fraction of sp³-hybridized carbons (Fsp3) is 0.550. The van der Waals surface area contributed by atoms with Crippen molar-refractivity contribution in [3.05, 3.63) is 35.9 Å². The number of amides is 1. The average molecular weight is 502 g/mol. The average Bonchev–Trinajstić information content (AvgIpc) is 3.08. The number of halogens is 1. The minimum Gasteiger partial charge on any atom is -0.469 e. The first-order valence-corrected chi connectivity index (χ1v) is 9.35. The molecule has 156 valence electrons. The molecule has 1 N–H and O–H groups in total. The van der Waals surface area contributed by atoms with Crippen molar-refractivity contribution < 1.29 is 14.3 Å². The van der Waals surface area contributed by atoms with Crippen molar-refractivity contribution in [2.75, 3.05) is 40.3 Å². The third kappa shape index (κ3) is 6.35. The third-order valence-electron chi connectivity index (χ3n) is 4.98. The SMILES string of the molecule is CCN(Cc1ccccc1)C(=O)CNC(=NC)N1CC(C)C(C(=O)OC)C1.I. The van der Waals surface area contributed by atoms with Crippen LogP contribution < -0.4 is 5.32 Å². The summed E-state index contributed by atoms with van der Waals surface area (Å²) in [6, 6.07) is 9.94. The molecule has 2 rings (SSSR count). The zero-order valence-electron chi connectivity index (χ0n) is 17.1. The lowest BCUT2D eigenvalue weighted by atomic mass is 9.99. The van der Waals surface area contributed by atoms with Gasteiger partial charge in [0.2, 0.25) is 5.91 Å². The number of nitrogens with one attached hydrogen (secondary N) is 1. The van der Waals surface area contributed by atoms with Gasteiger partial charge in [0, 0.05) is 33.2 Å². The van der Waals surface area contributed by atoms with E-state index < -0.39 is 0 Å². The Balaban J connectivity index is 0.00000392. The van der Waals surface area contributed by atoms with Gasteiger partial charge >= 0.3 is 5.97 Å². The zero-order chi connectivity index (χ0) is 19.8. The number of likely N-dealkylation sites (tertiary alicyclic amines) is 1. The fourth-order valence-electron chi connectivity index (χ4n) is 3.38. The maximum Gasteiger partial charge on any atom is 0.310 e. The Bertz CT molecular complexity index is 669. The van der Waals surface area contributed by atoms with Crippen molar-refractivity contribution in [1.29, 1.82) is 0 Å². The van der Waals surface area contributed by atoms with Crippen LogP contribution in [-0.4, -0.2) is 68.0 Å². The van der Waals surface area contributed by atoms with E-state index in [1.807, 2.05) is 49.1 Å². The molecule has 1 aromatic rings. The van der Waals surface area contributed by atoms with Crippen LogP contribution in [-0.2, 0) is 20.9 Å². The maximum absolute atomic E-state index is 12.6. The predicted molar refractivity (Wildman–Crippen MR) is 121 cm³/mol. The summed E-state index contributed by atoms with van der Waals surface area (Å²) in [5, 5.41) is 3.14. The van der Waals surface area contributed by atoms with Crippen molar-refractivity contribution in [3.8, 4) is 0 Å². The standard InChI is InChI=1S/C20H30N4O3.HI/c1-5-23(13-16-9-7-6-8-10-16)18(25)11-22-20(21-3)24-12-15(2)17(14-24)19(26)27-4;/h6-10,15,17H,5,11-14H2,1-4H3,(H,21,22);1H. The topological polar surface area (TPSA) is 74.2 Å². The van der Waals surface area contributed by atoms with Crippen LogP contribution >= 0.6 is 24.0 Å². The number of likely N-dealkylation sites (N-methyl/N-ethyl adjacent to an activating group) is 1. The summed E-state index contributed by atoms with van der Waals surface area (Å²) in [6.07, 6.45) is 0. The third-order valence-corrected chi connectivity index (χ3v) is 4.98. The summed E-state index contributed by atoms with van der Waals surface area (Å²) in [7, 11) is 3.10. The molecule has 1 heterocycles. The molecule has 1 fully saturated rings. The summed E-state index contributed by atoms with van der Waals surface area (Å²) >= 11 is 0. The largest absolute Gasteiger partial charge is 0.469 e. The van der Waals surface area contributed by atoms with E-state index in [1.54, 1.807) is 11.9 Å². The Morgan fingerprint density at radius 2 is 1.96 bits per heavy atom. The molecule has 2 atom stereocenters. The van der Waals surface area contributed by atoms with Crippen LogP contribution in [0.1, 0.15) is 19.4 Å². The van der Waals surface area contributed by atoms with Gasteiger partial charge in [-0.1, -0.05) is 37.3 Å². The van der Waals surface area contributed by atoms with Crippen molar-refractivity contribution in [3.63, 3.8) is 0 Å². The Labute approximate surface area is 184 Å². The summed E-state index contributed by atoms with van der Waals surface area (Å²) in [5.74, 6) is 0.458. The van der Waals surface area contributed by atoms with Gasteiger partial charge in [0.1, 0.15) is 0 Å². The summed E-state index contributed by atoms with van der Waals surface area (Å²) in [5.41, 5.74) is 1.10. The number of hydrogen-bond donors (Lipinski definition) is 1. The first-order valence-electron chi connectivity index (χ1n) is 9.35. The maximum atomic E-state index is 12.6. The quantitative estimate of drug-likeness (QED) is 0.279. The minimum atomic E-state index is -0.198. The Hall–Kier alpha value is -1.84. The van der Waals surface area contributed by atoms with E-state index in [4.69, 9.17) is 4.74 Å². The molecule has 1 saturated heterocycles. The van der Waals surface area contributed by atoms with Crippen LogP contribution in [0.5, 0.6) is 0 Å².